The van der Waals surface area contributed by atoms with E-state index in [1.165, 1.54) is 24.3 Å². The van der Waals surface area contributed by atoms with Crippen molar-refractivity contribution in [3.05, 3.63) is 50.6 Å². The molecule has 0 saturated heterocycles. The lowest BCUT2D eigenvalue weighted by Crippen LogP contribution is -2.30. The minimum Gasteiger partial charge on any atom is -0.449 e. The Balaban J connectivity index is 1.71. The van der Waals surface area contributed by atoms with Gasteiger partial charge in [-0.3, -0.25) is 9.59 Å². The van der Waals surface area contributed by atoms with Crippen molar-refractivity contribution in [2.45, 2.75) is 32.3 Å². The third-order valence-corrected chi connectivity index (χ3v) is 5.73. The normalized spacial score (nSPS) is 13.7. The largest absolute Gasteiger partial charge is 0.449 e. The fourth-order valence-corrected chi connectivity index (χ4v) is 4.44. The Bertz CT molecular complexity index is 944. The molecule has 9 heteroatoms. The molecule has 1 heterocycles. The van der Waals surface area contributed by atoms with Gasteiger partial charge < -0.3 is 15.8 Å². The van der Waals surface area contributed by atoms with Gasteiger partial charge in [0.15, 0.2) is 6.10 Å². The second-order valence-electron chi connectivity index (χ2n) is 6.09. The van der Waals surface area contributed by atoms with Gasteiger partial charge in [0.25, 0.3) is 11.8 Å². The summed E-state index contributed by atoms with van der Waals surface area (Å²) < 4.78 is 18.2. The Morgan fingerprint density at radius 2 is 2.07 bits per heavy atom. The highest BCUT2D eigenvalue weighted by atomic mass is 35.5. The molecule has 6 nitrogen and oxygen atoms in total. The number of primary amides is 1. The lowest BCUT2D eigenvalue weighted by Gasteiger charge is -2.14. The summed E-state index contributed by atoms with van der Waals surface area (Å²) >= 11 is 7.13. The first-order chi connectivity index (χ1) is 12.8. The summed E-state index contributed by atoms with van der Waals surface area (Å²) in [5.74, 6) is -2.66. The molecule has 0 radical (unpaired) electrons. The number of carbonyl (C=O) groups is 3. The Morgan fingerprint density at radius 3 is 2.74 bits per heavy atom. The van der Waals surface area contributed by atoms with E-state index in [0.29, 0.717) is 10.6 Å². The van der Waals surface area contributed by atoms with Gasteiger partial charge in [-0.25, -0.2) is 9.18 Å². The number of benzene rings is 1. The van der Waals surface area contributed by atoms with Crippen LogP contribution in [0.15, 0.2) is 18.2 Å². The van der Waals surface area contributed by atoms with E-state index in [0.717, 1.165) is 41.8 Å². The number of ether oxygens (including phenoxy) is 1. The van der Waals surface area contributed by atoms with Crippen LogP contribution in [0.4, 0.5) is 9.39 Å². The Kier molecular flexibility index (Phi) is 5.48. The van der Waals surface area contributed by atoms with E-state index in [2.05, 4.69) is 5.32 Å². The van der Waals surface area contributed by atoms with Gasteiger partial charge in [0.05, 0.1) is 16.1 Å². The van der Waals surface area contributed by atoms with Crippen LogP contribution in [-0.2, 0) is 22.4 Å². The summed E-state index contributed by atoms with van der Waals surface area (Å²) in [5.41, 5.74) is 6.61. The van der Waals surface area contributed by atoms with Crippen molar-refractivity contribution in [2.24, 2.45) is 5.73 Å². The number of carbonyl (C=O) groups excluding carboxylic acids is 3. The quantitative estimate of drug-likeness (QED) is 0.738. The van der Waals surface area contributed by atoms with E-state index < -0.39 is 29.7 Å². The number of hydrogen-bond acceptors (Lipinski definition) is 5. The molecule has 3 N–H and O–H groups in total. The molecule has 0 spiro atoms. The Labute approximate surface area is 163 Å². The zero-order chi connectivity index (χ0) is 19.7. The maximum atomic E-state index is 13.1. The molecule has 0 aliphatic heterocycles. The van der Waals surface area contributed by atoms with Crippen LogP contribution in [0, 0.1) is 5.82 Å². The van der Waals surface area contributed by atoms with Gasteiger partial charge in [-0.05, 0) is 49.9 Å². The first-order valence-corrected chi connectivity index (χ1v) is 9.38. The van der Waals surface area contributed by atoms with Crippen LogP contribution in [0.1, 0.15) is 44.5 Å². The van der Waals surface area contributed by atoms with E-state index in [-0.39, 0.29) is 10.6 Å². The summed E-state index contributed by atoms with van der Waals surface area (Å²) in [4.78, 5) is 37.3. The van der Waals surface area contributed by atoms with Crippen molar-refractivity contribution in [3.63, 3.8) is 0 Å². The monoisotopic (exact) mass is 410 g/mol. The average molecular weight is 411 g/mol. The number of amides is 2. The van der Waals surface area contributed by atoms with E-state index in [4.69, 9.17) is 22.1 Å². The topological polar surface area (TPSA) is 98.5 Å². The molecule has 0 saturated carbocycles. The van der Waals surface area contributed by atoms with Crippen molar-refractivity contribution in [1.29, 1.82) is 0 Å². The first kappa shape index (κ1) is 19.3. The molecule has 142 valence electrons. The van der Waals surface area contributed by atoms with E-state index in [1.807, 2.05) is 0 Å². The summed E-state index contributed by atoms with van der Waals surface area (Å²) in [6.45, 7) is 1.38. The fourth-order valence-electron chi connectivity index (χ4n) is 2.90. The molecular formula is C18H16ClFN2O4S. The fraction of sp³-hybridized carbons (Fsp3) is 0.278. The first-order valence-electron chi connectivity index (χ1n) is 8.19. The number of aryl methyl sites for hydroxylation is 1. The van der Waals surface area contributed by atoms with E-state index in [9.17, 15) is 18.8 Å². The molecule has 0 unspecified atom stereocenters. The van der Waals surface area contributed by atoms with Gasteiger partial charge in [0.2, 0.25) is 0 Å². The molecule has 2 aromatic rings. The van der Waals surface area contributed by atoms with Crippen molar-refractivity contribution >= 4 is 45.7 Å². The number of esters is 1. The van der Waals surface area contributed by atoms with Crippen LogP contribution < -0.4 is 11.1 Å². The smallest absolute Gasteiger partial charge is 0.340 e. The molecule has 2 amide bonds. The Hall–Kier alpha value is -2.45. The Morgan fingerprint density at radius 1 is 1.33 bits per heavy atom. The number of thiophene rings is 1. The van der Waals surface area contributed by atoms with Crippen LogP contribution >= 0.6 is 22.9 Å². The number of fused-ring (bicyclic) bond motifs is 1. The predicted molar refractivity (Wildman–Crippen MR) is 99.8 cm³/mol. The summed E-state index contributed by atoms with van der Waals surface area (Å²) in [6.07, 6.45) is 1.37. The van der Waals surface area contributed by atoms with Crippen LogP contribution in [0.3, 0.4) is 0 Å². The van der Waals surface area contributed by atoms with Crippen LogP contribution in [0.2, 0.25) is 5.02 Å². The summed E-state index contributed by atoms with van der Waals surface area (Å²) in [7, 11) is 0. The van der Waals surface area contributed by atoms with Gasteiger partial charge in [0, 0.05) is 4.88 Å². The number of hydrogen-bond donors (Lipinski definition) is 2. The predicted octanol–water partition coefficient (Wildman–Crippen LogP) is 3.31. The van der Waals surface area contributed by atoms with E-state index in [1.54, 1.807) is 0 Å². The van der Waals surface area contributed by atoms with E-state index >= 15 is 0 Å². The van der Waals surface area contributed by atoms with Crippen LogP contribution in [-0.4, -0.2) is 23.9 Å². The highest BCUT2D eigenvalue weighted by molar-refractivity contribution is 7.17. The third-order valence-electron chi connectivity index (χ3n) is 4.21. The van der Waals surface area contributed by atoms with Crippen molar-refractivity contribution in [1.82, 2.24) is 0 Å². The summed E-state index contributed by atoms with van der Waals surface area (Å²) in [6, 6.07) is 3.23. The average Bonchev–Trinajstić information content (AvgIpc) is 3.14. The number of anilines is 1. The van der Waals surface area contributed by atoms with Crippen molar-refractivity contribution in [3.8, 4) is 0 Å². The van der Waals surface area contributed by atoms with Gasteiger partial charge in [-0.1, -0.05) is 11.6 Å². The molecule has 1 atom stereocenters. The molecule has 0 bridgehead atoms. The molecule has 27 heavy (non-hydrogen) atoms. The molecule has 3 rings (SSSR count). The van der Waals surface area contributed by atoms with Gasteiger partial charge in [-0.15, -0.1) is 11.3 Å². The maximum Gasteiger partial charge on any atom is 0.340 e. The zero-order valence-electron chi connectivity index (χ0n) is 14.3. The minimum atomic E-state index is -1.16. The number of halogens is 2. The van der Waals surface area contributed by atoms with Crippen LogP contribution in [0.25, 0.3) is 0 Å². The van der Waals surface area contributed by atoms with Crippen molar-refractivity contribution in [2.75, 3.05) is 5.32 Å². The second-order valence-corrected chi connectivity index (χ2v) is 7.60. The van der Waals surface area contributed by atoms with Gasteiger partial charge in [-0.2, -0.15) is 0 Å². The van der Waals surface area contributed by atoms with Gasteiger partial charge in [0.1, 0.15) is 10.8 Å². The number of nitrogens with one attached hydrogen (secondary N) is 1. The molecule has 1 aliphatic carbocycles. The lowest BCUT2D eigenvalue weighted by molar-refractivity contribution is -0.123. The van der Waals surface area contributed by atoms with Gasteiger partial charge >= 0.3 is 5.97 Å². The number of rotatable bonds is 5. The molecule has 1 aliphatic rings. The highest BCUT2D eigenvalue weighted by Gasteiger charge is 2.28. The minimum absolute atomic E-state index is 0.0503. The molecule has 1 aromatic carbocycles. The second kappa shape index (κ2) is 7.66. The number of nitrogens with two attached hydrogens (primary N) is 1. The zero-order valence-corrected chi connectivity index (χ0v) is 15.9. The molecule has 1 aromatic heterocycles. The lowest BCUT2D eigenvalue weighted by atomic mass is 10.1. The third kappa shape index (κ3) is 3.96. The SMILES string of the molecule is C[C@@H](OC(=O)c1ccc(F)cc1Cl)C(=O)Nc1sc2c(c1C(N)=O)CCC2. The van der Waals surface area contributed by atoms with Crippen LogP contribution in [0.5, 0.6) is 0 Å². The standard InChI is InChI=1S/C18H16ClFN2O4S/c1-8(26-18(25)10-6-5-9(20)7-12(10)19)16(24)22-17-14(15(21)23)11-3-2-4-13(11)27-17/h5-8H,2-4H2,1H3,(H2,21,23)(H,22,24)/t8-/m1/s1. The summed E-state index contributed by atoms with van der Waals surface area (Å²) in [5, 5.41) is 2.86. The molecular weight excluding hydrogens is 395 g/mol. The van der Waals surface area contributed by atoms with Crippen molar-refractivity contribution < 1.29 is 23.5 Å². The molecule has 0 fully saturated rings. The maximum absolute atomic E-state index is 13.1. The highest BCUT2D eigenvalue weighted by Crippen LogP contribution is 2.38.